The lowest BCUT2D eigenvalue weighted by Crippen LogP contribution is -2.28. The number of anilines is 2. The van der Waals surface area contributed by atoms with Crippen LogP contribution in [0.3, 0.4) is 0 Å². The summed E-state index contributed by atoms with van der Waals surface area (Å²) >= 11 is 12.1. The fraction of sp³-hybridized carbons (Fsp3) is 0.188. The standard InChI is InChI=1S/C32H30Cl2N10O3/c1-18-3-2-4-27(42-17-39-23(13-30(42)46)22-12-20(33)5-7-26(22)43(36)16-28(34)35)24-11-19(9-10-37-24)31-25(40-32(18)47)15-44(41-31)21-6-8-29(45)38-14-21/h5-18,27H,2-4,35-36H2,1H3,(H,38,45)(H,40,47)/b28-16-. The Hall–Kier alpha value is -5.24. The molecule has 0 fully saturated rings. The second-order valence-electron chi connectivity index (χ2n) is 11.2. The Morgan fingerprint density at radius 3 is 2.66 bits per heavy atom. The third kappa shape index (κ3) is 6.82. The average Bonchev–Trinajstić information content (AvgIpc) is 3.46. The molecular formula is C32H30Cl2N10O3. The van der Waals surface area contributed by atoms with Gasteiger partial charge >= 0.3 is 0 Å². The highest BCUT2D eigenvalue weighted by molar-refractivity contribution is 6.31. The van der Waals surface area contributed by atoms with Gasteiger partial charge in [0.1, 0.15) is 10.9 Å². The van der Waals surface area contributed by atoms with E-state index in [0.717, 1.165) is 0 Å². The van der Waals surface area contributed by atoms with E-state index in [-0.39, 0.29) is 28.1 Å². The van der Waals surface area contributed by atoms with Gasteiger partial charge in [-0.2, -0.15) is 5.10 Å². The molecule has 15 heteroatoms. The normalized spacial score (nSPS) is 16.9. The van der Waals surface area contributed by atoms with Gasteiger partial charge < -0.3 is 16.0 Å². The van der Waals surface area contributed by atoms with Crippen molar-refractivity contribution in [2.45, 2.75) is 32.2 Å². The second-order valence-corrected chi connectivity index (χ2v) is 12.0. The number of hydrogen-bond acceptors (Lipinski definition) is 9. The summed E-state index contributed by atoms with van der Waals surface area (Å²) in [5.41, 5.74) is 9.29. The first-order chi connectivity index (χ1) is 22.6. The molecule has 0 saturated carbocycles. The van der Waals surface area contributed by atoms with Crippen molar-refractivity contribution in [1.82, 2.24) is 29.3 Å². The Morgan fingerprint density at radius 2 is 1.91 bits per heavy atom. The van der Waals surface area contributed by atoms with Crippen molar-refractivity contribution in [3.63, 3.8) is 0 Å². The third-order valence-corrected chi connectivity index (χ3v) is 8.24. The summed E-state index contributed by atoms with van der Waals surface area (Å²) in [5, 5.41) is 9.39. The van der Waals surface area contributed by atoms with E-state index in [4.69, 9.17) is 39.9 Å². The van der Waals surface area contributed by atoms with Crippen molar-refractivity contribution in [2.75, 3.05) is 10.3 Å². The molecule has 2 bridgehead atoms. The lowest BCUT2D eigenvalue weighted by molar-refractivity contribution is -0.119. The fourth-order valence-electron chi connectivity index (χ4n) is 5.50. The van der Waals surface area contributed by atoms with Crippen LogP contribution in [0.1, 0.15) is 37.9 Å². The lowest BCUT2D eigenvalue weighted by atomic mass is 9.97. The van der Waals surface area contributed by atoms with Crippen LogP contribution in [0.4, 0.5) is 11.4 Å². The van der Waals surface area contributed by atoms with Crippen LogP contribution < -0.4 is 33.0 Å². The molecule has 0 radical (unpaired) electrons. The Labute approximate surface area is 278 Å². The van der Waals surface area contributed by atoms with Crippen LogP contribution in [0, 0.1) is 5.92 Å². The quantitative estimate of drug-likeness (QED) is 0.118. The van der Waals surface area contributed by atoms with Crippen molar-refractivity contribution >= 4 is 40.5 Å². The molecule has 2 atom stereocenters. The minimum absolute atomic E-state index is 0.0314. The molecule has 6 N–H and O–H groups in total. The van der Waals surface area contributed by atoms with Gasteiger partial charge in [-0.15, -0.1) is 0 Å². The highest BCUT2D eigenvalue weighted by Crippen LogP contribution is 2.34. The fourth-order valence-corrected chi connectivity index (χ4v) is 5.78. The van der Waals surface area contributed by atoms with E-state index in [1.165, 1.54) is 34.2 Å². The SMILES string of the molecule is CC1CCCC(n2cnc(-c3cc(Cl)ccc3N(N)/C=C(\N)Cl)cc2=O)c2cc(ccn2)-c2nn(-c3ccc(=O)[nH]c3)cc2NC1=O. The first-order valence-corrected chi connectivity index (χ1v) is 15.4. The number of rotatable bonds is 5. The van der Waals surface area contributed by atoms with Gasteiger partial charge in [0.05, 0.1) is 53.2 Å². The van der Waals surface area contributed by atoms with Gasteiger partial charge in [0.2, 0.25) is 11.5 Å². The Balaban J connectivity index is 1.43. The number of aromatic amines is 1. The summed E-state index contributed by atoms with van der Waals surface area (Å²) < 4.78 is 3.12. The zero-order valence-electron chi connectivity index (χ0n) is 25.1. The smallest absolute Gasteiger partial charge is 0.254 e. The van der Waals surface area contributed by atoms with Crippen LogP contribution >= 0.6 is 23.2 Å². The molecule has 1 aliphatic rings. The predicted octanol–water partition coefficient (Wildman–Crippen LogP) is 4.52. The minimum Gasteiger partial charge on any atom is -0.388 e. The highest BCUT2D eigenvalue weighted by atomic mass is 35.5. The van der Waals surface area contributed by atoms with E-state index in [2.05, 4.69) is 20.3 Å². The number of amides is 1. The number of pyridine rings is 2. The molecular weight excluding hydrogens is 643 g/mol. The number of halogens is 2. The monoisotopic (exact) mass is 672 g/mol. The summed E-state index contributed by atoms with van der Waals surface area (Å²) in [5.74, 6) is 5.69. The molecule has 0 spiro atoms. The van der Waals surface area contributed by atoms with Gasteiger partial charge in [-0.1, -0.05) is 36.5 Å². The molecule has 0 saturated heterocycles. The Bertz CT molecular complexity index is 2100. The molecule has 1 amide bonds. The number of nitrogens with one attached hydrogen (secondary N) is 2. The summed E-state index contributed by atoms with van der Waals surface area (Å²) in [6.07, 6.45) is 9.42. The molecule has 240 valence electrons. The summed E-state index contributed by atoms with van der Waals surface area (Å²) in [6.45, 7) is 1.86. The number of carbonyl (C=O) groups excluding carboxylic acids is 1. The van der Waals surface area contributed by atoms with Crippen molar-refractivity contribution in [2.24, 2.45) is 17.5 Å². The van der Waals surface area contributed by atoms with E-state index in [1.807, 2.05) is 13.0 Å². The number of carbonyl (C=O) groups is 1. The summed E-state index contributed by atoms with van der Waals surface area (Å²) in [6, 6.07) is 12.6. The number of nitrogens with zero attached hydrogens (tertiary/aromatic N) is 6. The number of benzene rings is 1. The van der Waals surface area contributed by atoms with Gasteiger partial charge in [-0.25, -0.2) is 15.5 Å². The van der Waals surface area contributed by atoms with Crippen LogP contribution in [0.15, 0.2) is 94.4 Å². The molecule has 5 heterocycles. The first-order valence-electron chi connectivity index (χ1n) is 14.7. The van der Waals surface area contributed by atoms with E-state index in [0.29, 0.717) is 69.6 Å². The predicted molar refractivity (Wildman–Crippen MR) is 181 cm³/mol. The van der Waals surface area contributed by atoms with Crippen molar-refractivity contribution in [3.8, 4) is 28.2 Å². The van der Waals surface area contributed by atoms with Crippen LogP contribution in [0.5, 0.6) is 0 Å². The molecule has 5 aromatic rings. The number of hydrogen-bond donors (Lipinski definition) is 4. The Kier molecular flexibility index (Phi) is 8.94. The molecule has 6 rings (SSSR count). The number of fused-ring (bicyclic) bond motifs is 4. The van der Waals surface area contributed by atoms with E-state index >= 15 is 0 Å². The van der Waals surface area contributed by atoms with Crippen molar-refractivity contribution < 1.29 is 4.79 Å². The average molecular weight is 674 g/mol. The van der Waals surface area contributed by atoms with E-state index < -0.39 is 6.04 Å². The van der Waals surface area contributed by atoms with Crippen LogP contribution in [-0.2, 0) is 4.79 Å². The molecule has 4 aromatic heterocycles. The molecule has 1 aromatic carbocycles. The van der Waals surface area contributed by atoms with E-state index in [1.54, 1.807) is 53.6 Å². The molecule has 13 nitrogen and oxygen atoms in total. The maximum atomic E-state index is 13.8. The maximum absolute atomic E-state index is 13.8. The number of nitrogens with two attached hydrogens (primary N) is 2. The topological polar surface area (TPSA) is 183 Å². The number of hydrazine groups is 1. The number of H-pyrrole nitrogens is 1. The maximum Gasteiger partial charge on any atom is 0.254 e. The lowest BCUT2D eigenvalue weighted by Gasteiger charge is -2.22. The molecule has 0 aliphatic carbocycles. The molecule has 47 heavy (non-hydrogen) atoms. The van der Waals surface area contributed by atoms with Crippen LogP contribution in [0.2, 0.25) is 5.02 Å². The van der Waals surface area contributed by atoms with Gasteiger partial charge in [0.25, 0.3) is 5.56 Å². The largest absolute Gasteiger partial charge is 0.388 e. The zero-order valence-corrected chi connectivity index (χ0v) is 26.6. The van der Waals surface area contributed by atoms with Gasteiger partial charge in [-0.05, 0) is 49.2 Å². The highest BCUT2D eigenvalue weighted by Gasteiger charge is 2.24. The molecule has 2 unspecified atom stereocenters. The Morgan fingerprint density at radius 1 is 1.09 bits per heavy atom. The second kappa shape index (κ2) is 13.2. The zero-order chi connectivity index (χ0) is 33.2. The first kappa shape index (κ1) is 31.7. The van der Waals surface area contributed by atoms with Crippen molar-refractivity contribution in [1.29, 1.82) is 0 Å². The van der Waals surface area contributed by atoms with Crippen LogP contribution in [-0.4, -0.2) is 35.2 Å². The van der Waals surface area contributed by atoms with Crippen molar-refractivity contribution in [3.05, 3.63) is 116 Å². The van der Waals surface area contributed by atoms with Gasteiger partial charge in [0.15, 0.2) is 0 Å². The van der Waals surface area contributed by atoms with Gasteiger partial charge in [0, 0.05) is 46.6 Å². The minimum atomic E-state index is -0.493. The van der Waals surface area contributed by atoms with Gasteiger partial charge in [-0.3, -0.25) is 28.9 Å². The molecule has 1 aliphatic heterocycles. The number of aromatic nitrogens is 6. The van der Waals surface area contributed by atoms with E-state index in [9.17, 15) is 14.4 Å². The van der Waals surface area contributed by atoms with Crippen LogP contribution in [0.25, 0.3) is 28.2 Å². The third-order valence-electron chi connectivity index (χ3n) is 7.91. The summed E-state index contributed by atoms with van der Waals surface area (Å²) in [4.78, 5) is 50.6. The summed E-state index contributed by atoms with van der Waals surface area (Å²) in [7, 11) is 0.